The highest BCUT2D eigenvalue weighted by Crippen LogP contribution is 2.14. The smallest absolute Gasteiger partial charge is 0.336 e. The Bertz CT molecular complexity index is 896. The third kappa shape index (κ3) is 6.59. The molecule has 0 heterocycles. The zero-order chi connectivity index (χ0) is 19.7. The fraction of sp³-hybridized carbons (Fsp3) is 0.158. The van der Waals surface area contributed by atoms with Crippen molar-refractivity contribution in [2.24, 2.45) is 0 Å². The van der Waals surface area contributed by atoms with Crippen molar-refractivity contribution in [1.82, 2.24) is 4.72 Å². The maximum atomic E-state index is 12.5. The predicted octanol–water partition coefficient (Wildman–Crippen LogP) is 2.77. The fourth-order valence-corrected chi connectivity index (χ4v) is 2.93. The van der Waals surface area contributed by atoms with Crippen LogP contribution in [0.4, 0.5) is 10.5 Å². The number of para-hydroxylation sites is 1. The molecule has 0 unspecified atom stereocenters. The minimum atomic E-state index is -4.05. The van der Waals surface area contributed by atoms with E-state index in [0.29, 0.717) is 11.3 Å². The van der Waals surface area contributed by atoms with Crippen molar-refractivity contribution in [2.75, 3.05) is 18.1 Å². The number of urea groups is 1. The summed E-state index contributed by atoms with van der Waals surface area (Å²) in [6, 6.07) is 16.1. The van der Waals surface area contributed by atoms with E-state index < -0.39 is 28.6 Å². The van der Waals surface area contributed by atoms with E-state index in [-0.39, 0.29) is 6.61 Å². The summed E-state index contributed by atoms with van der Waals surface area (Å²) in [5.74, 6) is -0.645. The molecular weight excluding hydrogens is 368 g/mol. The molecule has 0 saturated heterocycles. The number of nitrogens with zero attached hydrogens (tertiary/aromatic N) is 1. The number of hydrogen-bond donors (Lipinski definition) is 1. The first-order valence-corrected chi connectivity index (χ1v) is 9.74. The first-order chi connectivity index (χ1) is 12.9. The van der Waals surface area contributed by atoms with Crippen LogP contribution in [0.15, 0.2) is 66.1 Å². The zero-order valence-corrected chi connectivity index (χ0v) is 15.6. The number of anilines is 1. The highest BCUT2D eigenvalue weighted by molar-refractivity contribution is 7.93. The summed E-state index contributed by atoms with van der Waals surface area (Å²) in [5, 5.41) is 0.897. The SMILES string of the molecule is CCOC(=O)CN(C(=O)NS(=O)(=O)/C=C/c1ccccc1)c1ccccc1. The van der Waals surface area contributed by atoms with E-state index in [1.807, 2.05) is 4.72 Å². The van der Waals surface area contributed by atoms with Gasteiger partial charge in [-0.25, -0.2) is 17.9 Å². The maximum absolute atomic E-state index is 12.5. The van der Waals surface area contributed by atoms with Gasteiger partial charge in [-0.2, -0.15) is 0 Å². The van der Waals surface area contributed by atoms with Crippen molar-refractivity contribution < 1.29 is 22.7 Å². The lowest BCUT2D eigenvalue weighted by molar-refractivity contribution is -0.141. The molecule has 2 aromatic rings. The second-order valence-corrected chi connectivity index (χ2v) is 6.96. The van der Waals surface area contributed by atoms with Crippen LogP contribution in [0.5, 0.6) is 0 Å². The first kappa shape index (κ1) is 20.2. The Labute approximate surface area is 158 Å². The number of hydrogen-bond acceptors (Lipinski definition) is 5. The highest BCUT2D eigenvalue weighted by atomic mass is 32.2. The Morgan fingerprint density at radius 2 is 1.63 bits per heavy atom. The number of amides is 2. The Morgan fingerprint density at radius 3 is 2.22 bits per heavy atom. The molecule has 0 aliphatic rings. The molecule has 0 bridgehead atoms. The lowest BCUT2D eigenvalue weighted by Gasteiger charge is -2.21. The van der Waals surface area contributed by atoms with Crippen molar-refractivity contribution in [3.8, 4) is 0 Å². The Kier molecular flexibility index (Phi) is 7.13. The average molecular weight is 388 g/mol. The minimum Gasteiger partial charge on any atom is -0.465 e. The monoisotopic (exact) mass is 388 g/mol. The molecule has 0 aliphatic carbocycles. The van der Waals surface area contributed by atoms with Gasteiger partial charge in [0.1, 0.15) is 6.54 Å². The van der Waals surface area contributed by atoms with Crippen LogP contribution >= 0.6 is 0 Å². The molecule has 1 N–H and O–H groups in total. The third-order valence-corrected chi connectivity index (χ3v) is 4.33. The Morgan fingerprint density at radius 1 is 1.04 bits per heavy atom. The number of carbonyl (C=O) groups excluding carboxylic acids is 2. The molecule has 0 saturated carbocycles. The van der Waals surface area contributed by atoms with E-state index in [9.17, 15) is 18.0 Å². The molecule has 27 heavy (non-hydrogen) atoms. The normalized spacial score (nSPS) is 11.1. The van der Waals surface area contributed by atoms with Crippen LogP contribution in [0.3, 0.4) is 0 Å². The van der Waals surface area contributed by atoms with E-state index >= 15 is 0 Å². The molecule has 8 heteroatoms. The van der Waals surface area contributed by atoms with Gasteiger partial charge in [0.2, 0.25) is 0 Å². The summed E-state index contributed by atoms with van der Waals surface area (Å²) in [6.07, 6.45) is 1.37. The molecule has 0 atom stereocenters. The molecule has 2 rings (SSSR count). The summed E-state index contributed by atoms with van der Waals surface area (Å²) in [6.45, 7) is 1.38. The number of carbonyl (C=O) groups is 2. The van der Waals surface area contributed by atoms with Gasteiger partial charge in [0, 0.05) is 5.69 Å². The van der Waals surface area contributed by atoms with Crippen LogP contribution in [0.25, 0.3) is 6.08 Å². The molecule has 7 nitrogen and oxygen atoms in total. The van der Waals surface area contributed by atoms with Gasteiger partial charge in [0.15, 0.2) is 0 Å². The van der Waals surface area contributed by atoms with E-state index in [4.69, 9.17) is 4.74 Å². The van der Waals surface area contributed by atoms with Crippen LogP contribution < -0.4 is 9.62 Å². The van der Waals surface area contributed by atoms with E-state index in [1.54, 1.807) is 67.6 Å². The number of esters is 1. The topological polar surface area (TPSA) is 92.8 Å². The minimum absolute atomic E-state index is 0.154. The van der Waals surface area contributed by atoms with Crippen LogP contribution in [0.1, 0.15) is 12.5 Å². The molecule has 0 fully saturated rings. The standard InChI is InChI=1S/C19H20N2O5S/c1-2-26-18(22)15-21(17-11-7-4-8-12-17)19(23)20-27(24,25)14-13-16-9-5-3-6-10-16/h3-14H,2,15H2,1H3,(H,20,23)/b14-13+. The van der Waals surface area contributed by atoms with Crippen molar-refractivity contribution in [2.45, 2.75) is 6.92 Å². The molecule has 2 amide bonds. The van der Waals surface area contributed by atoms with Crippen molar-refractivity contribution in [3.63, 3.8) is 0 Å². The molecule has 0 spiro atoms. The lowest BCUT2D eigenvalue weighted by atomic mass is 10.2. The average Bonchev–Trinajstić information content (AvgIpc) is 2.66. The fourth-order valence-electron chi connectivity index (χ4n) is 2.17. The van der Waals surface area contributed by atoms with Gasteiger partial charge >= 0.3 is 12.0 Å². The number of sulfonamides is 1. The second-order valence-electron chi connectivity index (χ2n) is 5.39. The molecule has 142 valence electrons. The van der Waals surface area contributed by atoms with Crippen molar-refractivity contribution in [1.29, 1.82) is 0 Å². The number of ether oxygens (including phenoxy) is 1. The zero-order valence-electron chi connectivity index (χ0n) is 14.7. The number of rotatable bonds is 7. The van der Waals surface area contributed by atoms with Gasteiger partial charge in [0.05, 0.1) is 12.0 Å². The number of nitrogens with one attached hydrogen (secondary N) is 1. The summed E-state index contributed by atoms with van der Waals surface area (Å²) >= 11 is 0. The van der Waals surface area contributed by atoms with E-state index in [1.165, 1.54) is 6.08 Å². The lowest BCUT2D eigenvalue weighted by Crippen LogP contribution is -2.45. The number of benzene rings is 2. The van der Waals surface area contributed by atoms with Gasteiger partial charge in [-0.05, 0) is 30.7 Å². The predicted molar refractivity (Wildman–Crippen MR) is 103 cm³/mol. The van der Waals surface area contributed by atoms with Gasteiger partial charge in [-0.1, -0.05) is 48.5 Å². The van der Waals surface area contributed by atoms with Crippen LogP contribution in [0.2, 0.25) is 0 Å². The third-order valence-electron chi connectivity index (χ3n) is 3.37. The largest absolute Gasteiger partial charge is 0.465 e. The summed E-state index contributed by atoms with van der Waals surface area (Å²) in [4.78, 5) is 25.3. The molecule has 0 aliphatic heterocycles. The molecule has 0 radical (unpaired) electrons. The summed E-state index contributed by atoms with van der Waals surface area (Å²) in [7, 11) is -4.05. The molecule has 0 aromatic heterocycles. The second kappa shape index (κ2) is 9.54. The summed E-state index contributed by atoms with van der Waals surface area (Å²) < 4.78 is 31.2. The van der Waals surface area contributed by atoms with Crippen molar-refractivity contribution in [3.05, 3.63) is 71.6 Å². The quantitative estimate of drug-likeness (QED) is 0.736. The molecule has 2 aromatic carbocycles. The van der Waals surface area contributed by atoms with Gasteiger partial charge in [-0.15, -0.1) is 0 Å². The van der Waals surface area contributed by atoms with Gasteiger partial charge in [0.25, 0.3) is 10.0 Å². The van der Waals surface area contributed by atoms with Crippen molar-refractivity contribution >= 4 is 33.8 Å². The van der Waals surface area contributed by atoms with Gasteiger partial charge < -0.3 is 4.74 Å². The van der Waals surface area contributed by atoms with Crippen LogP contribution in [-0.2, 0) is 19.6 Å². The van der Waals surface area contributed by atoms with Crippen LogP contribution in [-0.4, -0.2) is 33.6 Å². The Balaban J connectivity index is 2.16. The maximum Gasteiger partial charge on any atom is 0.336 e. The van der Waals surface area contributed by atoms with E-state index in [0.717, 1.165) is 10.3 Å². The Hall–Kier alpha value is -3.13. The molecular formula is C19H20N2O5S. The van der Waals surface area contributed by atoms with E-state index in [2.05, 4.69) is 0 Å². The first-order valence-electron chi connectivity index (χ1n) is 8.19. The van der Waals surface area contributed by atoms with Gasteiger partial charge in [-0.3, -0.25) is 9.69 Å². The van der Waals surface area contributed by atoms with Crippen LogP contribution in [0, 0.1) is 0 Å². The summed E-state index contributed by atoms with van der Waals surface area (Å²) in [5.41, 5.74) is 1.03. The highest BCUT2D eigenvalue weighted by Gasteiger charge is 2.23.